The van der Waals surface area contributed by atoms with Gasteiger partial charge < -0.3 is 15.2 Å². The molecule has 3 nitrogen and oxygen atoms in total. The average Bonchev–Trinajstić information content (AvgIpc) is 2.57. The van der Waals surface area contributed by atoms with Crippen molar-refractivity contribution in [1.82, 2.24) is 5.32 Å². The number of hydrogen-bond donors (Lipinski definition) is 2. The van der Waals surface area contributed by atoms with Crippen LogP contribution in [0.2, 0.25) is 0 Å². The standard InChI is InChI=1S/C10H21NO2/c1-3-10(2,12)8-11-7-9-5-4-6-13-9/h9,11-12H,3-8H2,1-2H3. The van der Waals surface area contributed by atoms with Crippen molar-refractivity contribution in [2.24, 2.45) is 0 Å². The molecule has 2 unspecified atom stereocenters. The summed E-state index contributed by atoms with van der Waals surface area (Å²) in [5, 5.41) is 12.9. The highest BCUT2D eigenvalue weighted by Crippen LogP contribution is 2.11. The Morgan fingerprint density at radius 3 is 2.92 bits per heavy atom. The van der Waals surface area contributed by atoms with Gasteiger partial charge in [-0.3, -0.25) is 0 Å². The molecule has 1 aliphatic rings. The summed E-state index contributed by atoms with van der Waals surface area (Å²) in [4.78, 5) is 0. The van der Waals surface area contributed by atoms with E-state index in [1.165, 1.54) is 6.42 Å². The van der Waals surface area contributed by atoms with Gasteiger partial charge in [-0.1, -0.05) is 6.92 Å². The van der Waals surface area contributed by atoms with Gasteiger partial charge in [0.25, 0.3) is 0 Å². The van der Waals surface area contributed by atoms with Crippen LogP contribution in [0, 0.1) is 0 Å². The molecule has 1 saturated heterocycles. The molecular formula is C10H21NO2. The van der Waals surface area contributed by atoms with Crippen LogP contribution in [-0.4, -0.2) is 36.5 Å². The Labute approximate surface area is 80.5 Å². The number of hydrogen-bond acceptors (Lipinski definition) is 3. The second-order valence-corrected chi connectivity index (χ2v) is 4.12. The molecule has 0 aromatic carbocycles. The number of rotatable bonds is 5. The quantitative estimate of drug-likeness (QED) is 0.672. The fourth-order valence-electron chi connectivity index (χ4n) is 1.43. The van der Waals surface area contributed by atoms with Crippen molar-refractivity contribution in [1.29, 1.82) is 0 Å². The van der Waals surface area contributed by atoms with E-state index in [4.69, 9.17) is 4.74 Å². The topological polar surface area (TPSA) is 41.5 Å². The van der Waals surface area contributed by atoms with E-state index in [9.17, 15) is 5.11 Å². The molecule has 13 heavy (non-hydrogen) atoms. The number of aliphatic hydroxyl groups is 1. The molecule has 2 atom stereocenters. The van der Waals surface area contributed by atoms with Crippen molar-refractivity contribution in [2.75, 3.05) is 19.7 Å². The second-order valence-electron chi connectivity index (χ2n) is 4.12. The molecular weight excluding hydrogens is 166 g/mol. The molecule has 1 rings (SSSR count). The summed E-state index contributed by atoms with van der Waals surface area (Å²) in [6, 6.07) is 0. The monoisotopic (exact) mass is 187 g/mol. The molecule has 2 N–H and O–H groups in total. The average molecular weight is 187 g/mol. The summed E-state index contributed by atoms with van der Waals surface area (Å²) in [5.41, 5.74) is -0.571. The molecule has 1 heterocycles. The SMILES string of the molecule is CCC(C)(O)CNCC1CCCO1. The zero-order valence-electron chi connectivity index (χ0n) is 8.68. The highest BCUT2D eigenvalue weighted by molar-refractivity contribution is 4.75. The fourth-order valence-corrected chi connectivity index (χ4v) is 1.43. The van der Waals surface area contributed by atoms with Crippen LogP contribution >= 0.6 is 0 Å². The molecule has 0 radical (unpaired) electrons. The first-order valence-corrected chi connectivity index (χ1v) is 5.19. The third kappa shape index (κ3) is 4.07. The lowest BCUT2D eigenvalue weighted by molar-refractivity contribution is 0.0485. The Morgan fingerprint density at radius 2 is 2.38 bits per heavy atom. The van der Waals surface area contributed by atoms with Crippen LogP contribution in [0.5, 0.6) is 0 Å². The maximum atomic E-state index is 9.69. The molecule has 3 heteroatoms. The maximum absolute atomic E-state index is 9.69. The van der Waals surface area contributed by atoms with Gasteiger partial charge in [-0.2, -0.15) is 0 Å². The van der Waals surface area contributed by atoms with Crippen LogP contribution in [0.15, 0.2) is 0 Å². The van der Waals surface area contributed by atoms with Crippen molar-refractivity contribution >= 4 is 0 Å². The van der Waals surface area contributed by atoms with E-state index in [1.807, 2.05) is 13.8 Å². The van der Waals surface area contributed by atoms with Crippen LogP contribution in [0.3, 0.4) is 0 Å². The number of nitrogens with one attached hydrogen (secondary N) is 1. The predicted octanol–water partition coefficient (Wildman–Crippen LogP) is 0.916. The minimum atomic E-state index is -0.571. The summed E-state index contributed by atoms with van der Waals surface area (Å²) in [7, 11) is 0. The first kappa shape index (κ1) is 11.0. The van der Waals surface area contributed by atoms with Gasteiger partial charge in [0.15, 0.2) is 0 Å². The van der Waals surface area contributed by atoms with E-state index < -0.39 is 5.60 Å². The van der Waals surface area contributed by atoms with Gasteiger partial charge in [0, 0.05) is 19.7 Å². The summed E-state index contributed by atoms with van der Waals surface area (Å²) < 4.78 is 5.46. The van der Waals surface area contributed by atoms with Gasteiger partial charge in [0.05, 0.1) is 11.7 Å². The van der Waals surface area contributed by atoms with E-state index in [0.717, 1.165) is 26.0 Å². The largest absolute Gasteiger partial charge is 0.389 e. The summed E-state index contributed by atoms with van der Waals surface area (Å²) >= 11 is 0. The molecule has 78 valence electrons. The van der Waals surface area contributed by atoms with Crippen LogP contribution < -0.4 is 5.32 Å². The molecule has 0 aliphatic carbocycles. The molecule has 1 fully saturated rings. The van der Waals surface area contributed by atoms with Gasteiger partial charge in [-0.15, -0.1) is 0 Å². The maximum Gasteiger partial charge on any atom is 0.0741 e. The summed E-state index contributed by atoms with van der Waals surface area (Å²) in [6.07, 6.45) is 3.48. The Kier molecular flexibility index (Phi) is 4.16. The van der Waals surface area contributed by atoms with Crippen LogP contribution in [0.4, 0.5) is 0 Å². The van der Waals surface area contributed by atoms with Crippen molar-refractivity contribution in [3.8, 4) is 0 Å². The normalized spacial score (nSPS) is 27.5. The summed E-state index contributed by atoms with van der Waals surface area (Å²) in [5.74, 6) is 0. The van der Waals surface area contributed by atoms with E-state index in [2.05, 4.69) is 5.32 Å². The third-order valence-electron chi connectivity index (χ3n) is 2.66. The molecule has 0 bridgehead atoms. The molecule has 0 aromatic heterocycles. The van der Waals surface area contributed by atoms with Crippen molar-refractivity contribution in [3.63, 3.8) is 0 Å². The lowest BCUT2D eigenvalue weighted by Crippen LogP contribution is -2.40. The van der Waals surface area contributed by atoms with E-state index >= 15 is 0 Å². The number of ether oxygens (including phenoxy) is 1. The summed E-state index contributed by atoms with van der Waals surface area (Å²) in [6.45, 7) is 6.28. The van der Waals surface area contributed by atoms with E-state index in [0.29, 0.717) is 12.6 Å². The predicted molar refractivity (Wildman–Crippen MR) is 52.8 cm³/mol. The zero-order chi connectivity index (χ0) is 9.73. The first-order valence-electron chi connectivity index (χ1n) is 5.19. The van der Waals surface area contributed by atoms with Crippen LogP contribution in [-0.2, 0) is 4.74 Å². The Bertz CT molecular complexity index is 142. The Morgan fingerprint density at radius 1 is 1.62 bits per heavy atom. The molecule has 0 spiro atoms. The van der Waals surface area contributed by atoms with E-state index in [-0.39, 0.29) is 0 Å². The molecule has 0 saturated carbocycles. The van der Waals surface area contributed by atoms with Gasteiger partial charge in [0.1, 0.15) is 0 Å². The third-order valence-corrected chi connectivity index (χ3v) is 2.66. The van der Waals surface area contributed by atoms with Crippen LogP contribution in [0.1, 0.15) is 33.1 Å². The van der Waals surface area contributed by atoms with Gasteiger partial charge in [0.2, 0.25) is 0 Å². The van der Waals surface area contributed by atoms with Crippen molar-refractivity contribution in [2.45, 2.75) is 44.8 Å². The minimum absolute atomic E-state index is 0.368. The molecule has 0 amide bonds. The fraction of sp³-hybridized carbons (Fsp3) is 1.00. The molecule has 1 aliphatic heterocycles. The van der Waals surface area contributed by atoms with Crippen LogP contribution in [0.25, 0.3) is 0 Å². The molecule has 0 aromatic rings. The lowest BCUT2D eigenvalue weighted by atomic mass is 10.0. The van der Waals surface area contributed by atoms with Crippen molar-refractivity contribution < 1.29 is 9.84 Å². The Balaban J connectivity index is 2.06. The minimum Gasteiger partial charge on any atom is -0.389 e. The zero-order valence-corrected chi connectivity index (χ0v) is 8.68. The van der Waals surface area contributed by atoms with Gasteiger partial charge >= 0.3 is 0 Å². The first-order chi connectivity index (χ1) is 6.14. The van der Waals surface area contributed by atoms with E-state index in [1.54, 1.807) is 0 Å². The Hall–Kier alpha value is -0.120. The van der Waals surface area contributed by atoms with Crippen molar-refractivity contribution in [3.05, 3.63) is 0 Å². The van der Waals surface area contributed by atoms with Gasteiger partial charge in [-0.05, 0) is 26.2 Å². The van der Waals surface area contributed by atoms with Gasteiger partial charge in [-0.25, -0.2) is 0 Å². The second kappa shape index (κ2) is 4.94. The highest BCUT2D eigenvalue weighted by atomic mass is 16.5. The highest BCUT2D eigenvalue weighted by Gasteiger charge is 2.19. The smallest absolute Gasteiger partial charge is 0.0741 e. The lowest BCUT2D eigenvalue weighted by Gasteiger charge is -2.22.